The van der Waals surface area contributed by atoms with Gasteiger partial charge in [-0.25, -0.2) is 4.79 Å². The molecule has 2 N–H and O–H groups in total. The summed E-state index contributed by atoms with van der Waals surface area (Å²) < 4.78 is 5.08. The molecule has 0 aliphatic carbocycles. The molecule has 4 amide bonds. The van der Waals surface area contributed by atoms with E-state index >= 15 is 0 Å². The first-order valence-electron chi connectivity index (χ1n) is 11.7. The van der Waals surface area contributed by atoms with Crippen molar-refractivity contribution < 1.29 is 23.9 Å². The van der Waals surface area contributed by atoms with Gasteiger partial charge in [0.2, 0.25) is 0 Å². The highest BCUT2D eigenvalue weighted by molar-refractivity contribution is 6.09. The fourth-order valence-corrected chi connectivity index (χ4v) is 4.25. The predicted molar refractivity (Wildman–Crippen MR) is 134 cm³/mol. The minimum atomic E-state index is -1.24. The van der Waals surface area contributed by atoms with Gasteiger partial charge in [-0.3, -0.25) is 19.3 Å². The van der Waals surface area contributed by atoms with Gasteiger partial charge in [0.1, 0.15) is 12.1 Å². The van der Waals surface area contributed by atoms with E-state index in [-0.39, 0.29) is 0 Å². The van der Waals surface area contributed by atoms with Gasteiger partial charge in [0.05, 0.1) is 0 Å². The summed E-state index contributed by atoms with van der Waals surface area (Å²) in [5.74, 6) is -1.91. The van der Waals surface area contributed by atoms with Crippen molar-refractivity contribution in [2.24, 2.45) is 0 Å². The third-order valence-corrected chi connectivity index (χ3v) is 6.15. The Kier molecular flexibility index (Phi) is 7.44. The van der Waals surface area contributed by atoms with Crippen LogP contribution in [0.4, 0.5) is 10.5 Å². The van der Waals surface area contributed by atoms with Crippen LogP contribution in [0, 0.1) is 0 Å². The monoisotopic (exact) mass is 485 g/mol. The highest BCUT2D eigenvalue weighted by atomic mass is 16.5. The van der Waals surface area contributed by atoms with Crippen molar-refractivity contribution in [2.45, 2.75) is 25.3 Å². The third-order valence-electron chi connectivity index (χ3n) is 6.15. The van der Waals surface area contributed by atoms with Crippen LogP contribution in [-0.4, -0.2) is 41.9 Å². The quantitative estimate of drug-likeness (QED) is 0.356. The van der Waals surface area contributed by atoms with Crippen LogP contribution in [0.3, 0.4) is 0 Å². The molecule has 3 aromatic carbocycles. The molecule has 36 heavy (non-hydrogen) atoms. The lowest BCUT2D eigenvalue weighted by Gasteiger charge is -2.25. The van der Waals surface area contributed by atoms with Gasteiger partial charge in [-0.15, -0.1) is 0 Å². The maximum atomic E-state index is 13.1. The summed E-state index contributed by atoms with van der Waals surface area (Å²) >= 11 is 0. The van der Waals surface area contributed by atoms with Gasteiger partial charge < -0.3 is 15.4 Å². The van der Waals surface area contributed by atoms with Crippen molar-refractivity contribution in [3.05, 3.63) is 102 Å². The summed E-state index contributed by atoms with van der Waals surface area (Å²) in [5, 5.41) is 5.48. The van der Waals surface area contributed by atoms with Crippen LogP contribution in [0.25, 0.3) is 0 Å². The number of amides is 4. The Morgan fingerprint density at radius 1 is 0.917 bits per heavy atom. The minimum absolute atomic E-state index is 0.317. The Bertz CT molecular complexity index is 1260. The molecule has 0 saturated carbocycles. The molecule has 3 aromatic rings. The van der Waals surface area contributed by atoms with Gasteiger partial charge in [-0.05, 0) is 35.6 Å². The molecule has 0 radical (unpaired) electrons. The van der Waals surface area contributed by atoms with E-state index in [2.05, 4.69) is 10.6 Å². The molecule has 1 fully saturated rings. The number of imide groups is 1. The number of nitrogens with zero attached hydrogens (tertiary/aromatic N) is 1. The summed E-state index contributed by atoms with van der Waals surface area (Å²) in [7, 11) is 0. The number of carbonyl (C=O) groups excluding carboxylic acids is 4. The van der Waals surface area contributed by atoms with E-state index in [1.54, 1.807) is 43.3 Å². The smallest absolute Gasteiger partial charge is 0.326 e. The van der Waals surface area contributed by atoms with Crippen LogP contribution in [0.2, 0.25) is 0 Å². The molecule has 1 heterocycles. The molecule has 1 aliphatic heterocycles. The van der Waals surface area contributed by atoms with Gasteiger partial charge in [0.25, 0.3) is 11.8 Å². The maximum absolute atomic E-state index is 13.1. The maximum Gasteiger partial charge on any atom is 0.326 e. The SMILES string of the molecule is CCC1(c2ccccc2)NC(=O)N(CC(=O)OCC(=O)Nc2ccccc2Cc2ccccc2)C1=O. The molecule has 184 valence electrons. The van der Waals surface area contributed by atoms with Crippen molar-refractivity contribution >= 4 is 29.5 Å². The number of para-hydroxylation sites is 1. The normalized spacial score (nSPS) is 17.0. The van der Waals surface area contributed by atoms with Crippen LogP contribution < -0.4 is 10.6 Å². The number of hydrogen-bond acceptors (Lipinski definition) is 5. The lowest BCUT2D eigenvalue weighted by atomic mass is 9.87. The molecular formula is C28H27N3O5. The number of benzene rings is 3. The van der Waals surface area contributed by atoms with Crippen molar-refractivity contribution in [3.8, 4) is 0 Å². The minimum Gasteiger partial charge on any atom is -0.454 e. The van der Waals surface area contributed by atoms with E-state index < -0.39 is 42.5 Å². The Morgan fingerprint density at radius 3 is 2.25 bits per heavy atom. The first kappa shape index (κ1) is 24.7. The second-order valence-corrected chi connectivity index (χ2v) is 8.47. The van der Waals surface area contributed by atoms with Crippen molar-refractivity contribution in [3.63, 3.8) is 0 Å². The van der Waals surface area contributed by atoms with Crippen LogP contribution >= 0.6 is 0 Å². The number of carbonyl (C=O) groups is 4. The predicted octanol–water partition coefficient (Wildman–Crippen LogP) is 3.62. The molecule has 0 bridgehead atoms. The molecule has 8 nitrogen and oxygen atoms in total. The van der Waals surface area contributed by atoms with E-state index in [4.69, 9.17) is 4.74 Å². The van der Waals surface area contributed by atoms with Gasteiger partial charge in [0.15, 0.2) is 6.61 Å². The van der Waals surface area contributed by atoms with Crippen LogP contribution in [-0.2, 0) is 31.1 Å². The number of urea groups is 1. The molecule has 8 heteroatoms. The zero-order chi connectivity index (χ0) is 25.5. The van der Waals surface area contributed by atoms with Crippen LogP contribution in [0.1, 0.15) is 30.0 Å². The fourth-order valence-electron chi connectivity index (χ4n) is 4.25. The average Bonchev–Trinajstić information content (AvgIpc) is 3.15. The van der Waals surface area contributed by atoms with Gasteiger partial charge in [0, 0.05) is 5.69 Å². The zero-order valence-corrected chi connectivity index (χ0v) is 19.9. The Morgan fingerprint density at radius 2 is 1.56 bits per heavy atom. The second-order valence-electron chi connectivity index (χ2n) is 8.47. The largest absolute Gasteiger partial charge is 0.454 e. The highest BCUT2D eigenvalue weighted by Gasteiger charge is 2.51. The summed E-state index contributed by atoms with van der Waals surface area (Å²) in [4.78, 5) is 51.4. The standard InChI is InChI=1S/C28H27N3O5/c1-2-28(22-14-7-4-8-15-22)26(34)31(27(35)30-28)18-25(33)36-19-24(32)29-23-16-10-9-13-21(23)17-20-11-5-3-6-12-20/h3-16H,2,17-19H2,1H3,(H,29,32)(H,30,35). The Labute approximate surface area is 209 Å². The van der Waals surface area contributed by atoms with Crippen LogP contribution in [0.5, 0.6) is 0 Å². The number of ether oxygens (including phenoxy) is 1. The second kappa shape index (κ2) is 10.9. The first-order valence-corrected chi connectivity index (χ1v) is 11.7. The summed E-state index contributed by atoms with van der Waals surface area (Å²) in [6.07, 6.45) is 0.946. The Balaban J connectivity index is 1.34. The topological polar surface area (TPSA) is 105 Å². The van der Waals surface area contributed by atoms with Crippen molar-refractivity contribution in [1.82, 2.24) is 10.2 Å². The molecule has 1 saturated heterocycles. The van der Waals surface area contributed by atoms with Crippen molar-refractivity contribution in [2.75, 3.05) is 18.5 Å². The number of nitrogens with one attached hydrogen (secondary N) is 2. The third kappa shape index (κ3) is 5.27. The Hall–Kier alpha value is -4.46. The number of hydrogen-bond donors (Lipinski definition) is 2. The number of rotatable bonds is 9. The number of anilines is 1. The van der Waals surface area contributed by atoms with Crippen molar-refractivity contribution in [1.29, 1.82) is 0 Å². The highest BCUT2D eigenvalue weighted by Crippen LogP contribution is 2.32. The fraction of sp³-hybridized carbons (Fsp3) is 0.214. The lowest BCUT2D eigenvalue weighted by molar-refractivity contribution is -0.150. The molecule has 1 unspecified atom stereocenters. The summed E-state index contributed by atoms with van der Waals surface area (Å²) in [6.45, 7) is 0.657. The van der Waals surface area contributed by atoms with E-state index in [1.807, 2.05) is 48.5 Å². The molecule has 0 spiro atoms. The van der Waals surface area contributed by atoms with E-state index in [0.29, 0.717) is 24.1 Å². The van der Waals surface area contributed by atoms with E-state index in [0.717, 1.165) is 16.0 Å². The first-order chi connectivity index (χ1) is 17.4. The average molecular weight is 486 g/mol. The van der Waals surface area contributed by atoms with Crippen LogP contribution in [0.15, 0.2) is 84.9 Å². The van der Waals surface area contributed by atoms with E-state index in [1.165, 1.54) is 0 Å². The molecule has 1 aliphatic rings. The van der Waals surface area contributed by atoms with Gasteiger partial charge in [-0.2, -0.15) is 0 Å². The van der Waals surface area contributed by atoms with E-state index in [9.17, 15) is 19.2 Å². The zero-order valence-electron chi connectivity index (χ0n) is 19.9. The molecule has 1 atom stereocenters. The molecule has 4 rings (SSSR count). The molecule has 0 aromatic heterocycles. The summed E-state index contributed by atoms with van der Waals surface area (Å²) in [6, 6.07) is 25.4. The number of esters is 1. The van der Waals surface area contributed by atoms with Gasteiger partial charge >= 0.3 is 12.0 Å². The summed E-state index contributed by atoms with van der Waals surface area (Å²) in [5.41, 5.74) is 2.03. The molecular weight excluding hydrogens is 458 g/mol. The van der Waals surface area contributed by atoms with Gasteiger partial charge in [-0.1, -0.05) is 85.8 Å². The lowest BCUT2D eigenvalue weighted by Crippen LogP contribution is -2.44.